The molecule has 0 atom stereocenters. The molecule has 98 valence electrons. The average molecular weight is 266 g/mol. The molecule has 0 unspecified atom stereocenters. The molecule has 1 aromatic rings. The second-order valence-corrected chi connectivity index (χ2v) is 5.20. The van der Waals surface area contributed by atoms with Gasteiger partial charge in [-0.15, -0.1) is 0 Å². The molecule has 1 aliphatic rings. The monoisotopic (exact) mass is 266 g/mol. The van der Waals surface area contributed by atoms with Crippen LogP contribution in [0.15, 0.2) is 24.3 Å². The first kappa shape index (κ1) is 13.3. The van der Waals surface area contributed by atoms with Gasteiger partial charge in [-0.2, -0.15) is 0 Å². The Bertz CT molecular complexity index is 383. The second-order valence-electron chi connectivity index (χ2n) is 4.79. The lowest BCUT2D eigenvalue weighted by atomic mass is 10.1. The molecular formula is C14H19FN2S. The molecule has 1 aromatic carbocycles. The SMILES string of the molecule is Fc1ccc(NC(=S)NC2CCCCCC2)cc1. The van der Waals surface area contributed by atoms with Crippen molar-refractivity contribution in [1.29, 1.82) is 0 Å². The summed E-state index contributed by atoms with van der Waals surface area (Å²) in [7, 11) is 0. The Balaban J connectivity index is 1.82. The van der Waals surface area contributed by atoms with E-state index >= 15 is 0 Å². The van der Waals surface area contributed by atoms with Crippen molar-refractivity contribution in [2.24, 2.45) is 0 Å². The van der Waals surface area contributed by atoms with Crippen LogP contribution in [0.25, 0.3) is 0 Å². The van der Waals surface area contributed by atoms with E-state index in [1.54, 1.807) is 12.1 Å². The van der Waals surface area contributed by atoms with E-state index in [2.05, 4.69) is 10.6 Å². The van der Waals surface area contributed by atoms with Gasteiger partial charge in [0.2, 0.25) is 0 Å². The van der Waals surface area contributed by atoms with Gasteiger partial charge >= 0.3 is 0 Å². The number of nitrogens with one attached hydrogen (secondary N) is 2. The fourth-order valence-corrected chi connectivity index (χ4v) is 2.59. The molecule has 1 fully saturated rings. The Morgan fingerprint density at radius 1 is 1.06 bits per heavy atom. The minimum Gasteiger partial charge on any atom is -0.360 e. The van der Waals surface area contributed by atoms with Crippen molar-refractivity contribution < 1.29 is 4.39 Å². The number of halogens is 1. The maximum absolute atomic E-state index is 12.8. The van der Waals surface area contributed by atoms with E-state index in [0.29, 0.717) is 11.2 Å². The lowest BCUT2D eigenvalue weighted by molar-refractivity contribution is 0.535. The van der Waals surface area contributed by atoms with Crippen molar-refractivity contribution >= 4 is 23.0 Å². The summed E-state index contributed by atoms with van der Waals surface area (Å²) in [4.78, 5) is 0. The number of rotatable bonds is 2. The average Bonchev–Trinajstić information content (AvgIpc) is 2.61. The van der Waals surface area contributed by atoms with Crippen LogP contribution in [0.2, 0.25) is 0 Å². The Labute approximate surface area is 113 Å². The quantitative estimate of drug-likeness (QED) is 0.628. The van der Waals surface area contributed by atoms with E-state index in [1.807, 2.05) is 0 Å². The highest BCUT2D eigenvalue weighted by molar-refractivity contribution is 7.80. The molecule has 0 aromatic heterocycles. The summed E-state index contributed by atoms with van der Waals surface area (Å²) in [5.74, 6) is -0.233. The molecule has 1 saturated carbocycles. The lowest BCUT2D eigenvalue weighted by Gasteiger charge is -2.19. The molecule has 0 spiro atoms. The van der Waals surface area contributed by atoms with Crippen molar-refractivity contribution in [3.8, 4) is 0 Å². The molecule has 1 aliphatic carbocycles. The van der Waals surface area contributed by atoms with Gasteiger partial charge in [0.1, 0.15) is 5.82 Å². The summed E-state index contributed by atoms with van der Waals surface area (Å²) in [6.45, 7) is 0. The van der Waals surface area contributed by atoms with Gasteiger partial charge in [-0.05, 0) is 49.3 Å². The van der Waals surface area contributed by atoms with Crippen molar-refractivity contribution in [1.82, 2.24) is 5.32 Å². The molecule has 0 radical (unpaired) electrons. The molecule has 2 nitrogen and oxygen atoms in total. The fraction of sp³-hybridized carbons (Fsp3) is 0.500. The molecular weight excluding hydrogens is 247 g/mol. The first-order valence-electron chi connectivity index (χ1n) is 6.57. The smallest absolute Gasteiger partial charge is 0.170 e. The fourth-order valence-electron chi connectivity index (χ4n) is 2.31. The minimum absolute atomic E-state index is 0.233. The first-order valence-corrected chi connectivity index (χ1v) is 6.98. The molecule has 0 heterocycles. The van der Waals surface area contributed by atoms with E-state index in [0.717, 1.165) is 5.69 Å². The normalized spacial score (nSPS) is 16.9. The second kappa shape index (κ2) is 6.69. The van der Waals surface area contributed by atoms with Crippen LogP contribution in [0.1, 0.15) is 38.5 Å². The van der Waals surface area contributed by atoms with Gasteiger partial charge in [0.05, 0.1) is 0 Å². The van der Waals surface area contributed by atoms with Crippen molar-refractivity contribution in [3.05, 3.63) is 30.1 Å². The van der Waals surface area contributed by atoms with Crippen LogP contribution in [0.4, 0.5) is 10.1 Å². The van der Waals surface area contributed by atoms with Gasteiger partial charge in [-0.3, -0.25) is 0 Å². The molecule has 0 saturated heterocycles. The largest absolute Gasteiger partial charge is 0.360 e. The summed E-state index contributed by atoms with van der Waals surface area (Å²) < 4.78 is 12.8. The molecule has 18 heavy (non-hydrogen) atoms. The van der Waals surface area contributed by atoms with Crippen LogP contribution in [-0.2, 0) is 0 Å². The molecule has 2 rings (SSSR count). The third-order valence-corrected chi connectivity index (χ3v) is 3.51. The Kier molecular flexibility index (Phi) is 4.93. The zero-order valence-electron chi connectivity index (χ0n) is 10.4. The van der Waals surface area contributed by atoms with Crippen LogP contribution in [0, 0.1) is 5.82 Å². The van der Waals surface area contributed by atoms with Crippen LogP contribution < -0.4 is 10.6 Å². The Hall–Kier alpha value is -1.16. The molecule has 2 N–H and O–H groups in total. The standard InChI is InChI=1S/C14H19FN2S/c15-11-7-9-13(10-8-11)17-14(18)16-12-5-3-1-2-4-6-12/h7-10,12H,1-6H2,(H2,16,17,18). The van der Waals surface area contributed by atoms with Gasteiger partial charge in [0.25, 0.3) is 0 Å². The summed E-state index contributed by atoms with van der Waals surface area (Å²) in [6.07, 6.45) is 7.58. The van der Waals surface area contributed by atoms with Crippen LogP contribution >= 0.6 is 12.2 Å². The molecule has 4 heteroatoms. The summed E-state index contributed by atoms with van der Waals surface area (Å²) in [6, 6.07) is 6.72. The third kappa shape index (κ3) is 4.26. The summed E-state index contributed by atoms with van der Waals surface area (Å²) >= 11 is 5.28. The Morgan fingerprint density at radius 2 is 1.67 bits per heavy atom. The van der Waals surface area contributed by atoms with Crippen molar-refractivity contribution in [2.75, 3.05) is 5.32 Å². The first-order chi connectivity index (χ1) is 8.74. The van der Waals surface area contributed by atoms with E-state index in [-0.39, 0.29) is 5.82 Å². The Morgan fingerprint density at radius 3 is 2.28 bits per heavy atom. The summed E-state index contributed by atoms with van der Waals surface area (Å²) in [5.41, 5.74) is 0.822. The van der Waals surface area contributed by atoms with Gasteiger partial charge in [0, 0.05) is 11.7 Å². The van der Waals surface area contributed by atoms with Crippen molar-refractivity contribution in [3.63, 3.8) is 0 Å². The topological polar surface area (TPSA) is 24.1 Å². The predicted octanol–water partition coefficient (Wildman–Crippen LogP) is 3.83. The predicted molar refractivity (Wildman–Crippen MR) is 77.2 cm³/mol. The zero-order valence-corrected chi connectivity index (χ0v) is 11.2. The van der Waals surface area contributed by atoms with Gasteiger partial charge < -0.3 is 10.6 Å². The molecule has 0 amide bonds. The van der Waals surface area contributed by atoms with Gasteiger partial charge in [-0.25, -0.2) is 4.39 Å². The number of thiocarbonyl (C=S) groups is 1. The number of hydrogen-bond acceptors (Lipinski definition) is 1. The highest BCUT2D eigenvalue weighted by atomic mass is 32.1. The number of benzene rings is 1. The van der Waals surface area contributed by atoms with Crippen molar-refractivity contribution in [2.45, 2.75) is 44.6 Å². The minimum atomic E-state index is -0.233. The maximum atomic E-state index is 12.8. The van der Waals surface area contributed by atoms with Crippen LogP contribution in [0.5, 0.6) is 0 Å². The third-order valence-electron chi connectivity index (χ3n) is 3.29. The highest BCUT2D eigenvalue weighted by Crippen LogP contribution is 2.17. The van der Waals surface area contributed by atoms with E-state index in [4.69, 9.17) is 12.2 Å². The van der Waals surface area contributed by atoms with Gasteiger partial charge in [-0.1, -0.05) is 25.7 Å². The maximum Gasteiger partial charge on any atom is 0.170 e. The van der Waals surface area contributed by atoms with E-state index in [9.17, 15) is 4.39 Å². The summed E-state index contributed by atoms with van der Waals surface area (Å²) in [5, 5.41) is 7.07. The zero-order chi connectivity index (χ0) is 12.8. The van der Waals surface area contributed by atoms with Crippen LogP contribution in [-0.4, -0.2) is 11.2 Å². The van der Waals surface area contributed by atoms with Gasteiger partial charge in [0.15, 0.2) is 5.11 Å². The molecule has 0 aliphatic heterocycles. The highest BCUT2D eigenvalue weighted by Gasteiger charge is 2.12. The van der Waals surface area contributed by atoms with E-state index in [1.165, 1.54) is 50.7 Å². The van der Waals surface area contributed by atoms with Crippen LogP contribution in [0.3, 0.4) is 0 Å². The molecule has 0 bridgehead atoms. The lowest BCUT2D eigenvalue weighted by Crippen LogP contribution is -2.37. The number of hydrogen-bond donors (Lipinski definition) is 2. The van der Waals surface area contributed by atoms with E-state index < -0.39 is 0 Å². The number of anilines is 1.